The molecule has 0 fully saturated rings. The van der Waals surface area contributed by atoms with Gasteiger partial charge in [-0.05, 0) is 43.5 Å². The molecule has 94 valence electrons. The summed E-state index contributed by atoms with van der Waals surface area (Å²) in [5.74, 6) is -1.44. The second-order valence-electron chi connectivity index (χ2n) is 4.61. The van der Waals surface area contributed by atoms with Gasteiger partial charge in [-0.3, -0.25) is 4.79 Å². The van der Waals surface area contributed by atoms with Crippen LogP contribution in [0.5, 0.6) is 11.5 Å². The van der Waals surface area contributed by atoms with E-state index >= 15 is 0 Å². The lowest BCUT2D eigenvalue weighted by molar-refractivity contribution is -0.136. The molecule has 0 spiro atoms. The first-order chi connectivity index (χ1) is 7.71. The average molecular weight is 239 g/mol. The van der Waals surface area contributed by atoms with Crippen molar-refractivity contribution in [1.29, 1.82) is 0 Å². The molecular formula is C12H17NO4. The second kappa shape index (κ2) is 4.63. The molecule has 0 unspecified atom stereocenters. The summed E-state index contributed by atoms with van der Waals surface area (Å²) in [5.41, 5.74) is 6.50. The van der Waals surface area contributed by atoms with Gasteiger partial charge in [0.15, 0.2) is 11.5 Å². The number of aliphatic carboxylic acids is 1. The summed E-state index contributed by atoms with van der Waals surface area (Å²) >= 11 is 0. The molecule has 0 aliphatic heterocycles. The lowest BCUT2D eigenvalue weighted by atomic mass is 9.88. The molecule has 5 N–H and O–H groups in total. The molecular weight excluding hydrogens is 222 g/mol. The molecule has 0 bridgehead atoms. The number of carboxylic acid groups (broad SMARTS) is 1. The van der Waals surface area contributed by atoms with Crippen molar-refractivity contribution in [2.75, 3.05) is 0 Å². The van der Waals surface area contributed by atoms with Gasteiger partial charge >= 0.3 is 5.97 Å². The predicted molar refractivity (Wildman–Crippen MR) is 62.9 cm³/mol. The summed E-state index contributed by atoms with van der Waals surface area (Å²) in [6.07, 6.45) is 0.215. The van der Waals surface area contributed by atoms with E-state index in [0.29, 0.717) is 11.1 Å². The molecule has 0 saturated heterocycles. The molecule has 5 nitrogen and oxygen atoms in total. The van der Waals surface area contributed by atoms with Crippen molar-refractivity contribution in [3.8, 4) is 11.5 Å². The van der Waals surface area contributed by atoms with Gasteiger partial charge in [-0.25, -0.2) is 0 Å². The number of rotatable bonds is 4. The second-order valence-corrected chi connectivity index (χ2v) is 4.61. The fraction of sp³-hybridized carbons (Fsp3) is 0.417. The number of aromatic hydroxyl groups is 2. The molecule has 17 heavy (non-hydrogen) atoms. The van der Waals surface area contributed by atoms with Gasteiger partial charge in [-0.1, -0.05) is 0 Å². The Kier molecular flexibility index (Phi) is 3.63. The van der Waals surface area contributed by atoms with Gasteiger partial charge in [0.1, 0.15) is 0 Å². The first-order valence-electron chi connectivity index (χ1n) is 5.28. The van der Waals surface area contributed by atoms with Crippen LogP contribution < -0.4 is 5.73 Å². The van der Waals surface area contributed by atoms with Crippen molar-refractivity contribution in [1.82, 2.24) is 0 Å². The molecule has 0 aliphatic carbocycles. The highest BCUT2D eigenvalue weighted by atomic mass is 16.4. The van der Waals surface area contributed by atoms with E-state index < -0.39 is 11.5 Å². The van der Waals surface area contributed by atoms with Crippen LogP contribution in [0.4, 0.5) is 0 Å². The van der Waals surface area contributed by atoms with E-state index in [0.717, 1.165) is 0 Å². The summed E-state index contributed by atoms with van der Waals surface area (Å²) in [6.45, 7) is 3.51. The van der Waals surface area contributed by atoms with Crippen molar-refractivity contribution < 1.29 is 20.1 Å². The van der Waals surface area contributed by atoms with E-state index in [-0.39, 0.29) is 24.3 Å². The monoisotopic (exact) mass is 239 g/mol. The molecule has 5 heteroatoms. The highest BCUT2D eigenvalue weighted by molar-refractivity contribution is 5.67. The van der Waals surface area contributed by atoms with Gasteiger partial charge in [0, 0.05) is 12.0 Å². The van der Waals surface area contributed by atoms with Gasteiger partial charge in [0.2, 0.25) is 0 Å². The van der Waals surface area contributed by atoms with Crippen LogP contribution in [0.25, 0.3) is 0 Å². The maximum Gasteiger partial charge on any atom is 0.303 e. The highest BCUT2D eigenvalue weighted by Crippen LogP contribution is 2.33. The van der Waals surface area contributed by atoms with Crippen LogP contribution in [-0.4, -0.2) is 21.3 Å². The number of hydrogen-bond acceptors (Lipinski definition) is 4. The first kappa shape index (κ1) is 13.3. The molecule has 0 aromatic heterocycles. The molecule has 1 aromatic rings. The largest absolute Gasteiger partial charge is 0.504 e. The maximum absolute atomic E-state index is 10.5. The number of carboxylic acids is 1. The fourth-order valence-corrected chi connectivity index (χ4v) is 1.67. The Bertz CT molecular complexity index is 435. The summed E-state index contributed by atoms with van der Waals surface area (Å²) in [5, 5.41) is 27.5. The highest BCUT2D eigenvalue weighted by Gasteiger charge is 2.21. The van der Waals surface area contributed by atoms with Crippen molar-refractivity contribution in [3.63, 3.8) is 0 Å². The number of nitrogens with two attached hydrogens (primary N) is 1. The SMILES string of the molecule is CC(C)(N)c1cc(O)c(O)cc1CCC(=O)O. The Labute approximate surface area is 99.5 Å². The van der Waals surface area contributed by atoms with Crippen molar-refractivity contribution >= 4 is 5.97 Å². The summed E-state index contributed by atoms with van der Waals surface area (Å²) < 4.78 is 0. The minimum atomic E-state index is -0.918. The van der Waals surface area contributed by atoms with E-state index in [1.54, 1.807) is 13.8 Å². The van der Waals surface area contributed by atoms with Gasteiger partial charge in [-0.15, -0.1) is 0 Å². The molecule has 1 aromatic carbocycles. The zero-order chi connectivity index (χ0) is 13.2. The number of aryl methyl sites for hydroxylation is 1. The van der Waals surface area contributed by atoms with Crippen LogP contribution in [0.3, 0.4) is 0 Å². The molecule has 0 atom stereocenters. The van der Waals surface area contributed by atoms with Crippen LogP contribution in [0, 0.1) is 0 Å². The smallest absolute Gasteiger partial charge is 0.303 e. The Hall–Kier alpha value is -1.75. The molecule has 0 saturated carbocycles. The zero-order valence-corrected chi connectivity index (χ0v) is 9.90. The van der Waals surface area contributed by atoms with E-state index in [9.17, 15) is 15.0 Å². The average Bonchev–Trinajstić information content (AvgIpc) is 2.17. The number of carbonyl (C=O) groups is 1. The van der Waals surface area contributed by atoms with Crippen LogP contribution in [0.2, 0.25) is 0 Å². The quantitative estimate of drug-likeness (QED) is 0.593. The Balaban J connectivity index is 3.17. The van der Waals surface area contributed by atoms with Crippen LogP contribution in [0.1, 0.15) is 31.4 Å². The van der Waals surface area contributed by atoms with Crippen LogP contribution in [-0.2, 0) is 16.8 Å². The number of hydrogen-bond donors (Lipinski definition) is 4. The first-order valence-corrected chi connectivity index (χ1v) is 5.28. The molecule has 0 heterocycles. The third-order valence-electron chi connectivity index (χ3n) is 2.50. The van der Waals surface area contributed by atoms with E-state index in [1.807, 2.05) is 0 Å². The maximum atomic E-state index is 10.5. The van der Waals surface area contributed by atoms with Crippen molar-refractivity contribution in [3.05, 3.63) is 23.3 Å². The van der Waals surface area contributed by atoms with Crippen LogP contribution >= 0.6 is 0 Å². The zero-order valence-electron chi connectivity index (χ0n) is 9.90. The Morgan fingerprint density at radius 1 is 1.29 bits per heavy atom. The van der Waals surface area contributed by atoms with Gasteiger partial charge in [0.25, 0.3) is 0 Å². The van der Waals surface area contributed by atoms with Crippen LogP contribution in [0.15, 0.2) is 12.1 Å². The topological polar surface area (TPSA) is 104 Å². The Morgan fingerprint density at radius 3 is 2.29 bits per heavy atom. The predicted octanol–water partition coefficient (Wildman–Crippen LogP) is 1.31. The summed E-state index contributed by atoms with van der Waals surface area (Å²) in [7, 11) is 0. The minimum Gasteiger partial charge on any atom is -0.504 e. The summed E-state index contributed by atoms with van der Waals surface area (Å²) in [4.78, 5) is 10.5. The number of benzene rings is 1. The van der Waals surface area contributed by atoms with E-state index in [1.165, 1.54) is 12.1 Å². The molecule has 1 rings (SSSR count). The fourth-order valence-electron chi connectivity index (χ4n) is 1.67. The molecule has 0 radical (unpaired) electrons. The lowest BCUT2D eigenvalue weighted by Crippen LogP contribution is -2.30. The van der Waals surface area contributed by atoms with E-state index in [2.05, 4.69) is 0 Å². The molecule has 0 aliphatic rings. The van der Waals surface area contributed by atoms with Gasteiger partial charge in [0.05, 0.1) is 0 Å². The van der Waals surface area contributed by atoms with E-state index in [4.69, 9.17) is 10.8 Å². The van der Waals surface area contributed by atoms with Gasteiger partial charge in [-0.2, -0.15) is 0 Å². The number of phenolic OH excluding ortho intramolecular Hbond substituents is 2. The Morgan fingerprint density at radius 2 is 1.82 bits per heavy atom. The summed E-state index contributed by atoms with van der Waals surface area (Å²) in [6, 6.07) is 2.74. The number of phenols is 2. The standard InChI is InChI=1S/C12H17NO4/c1-12(2,13)8-6-10(15)9(14)5-7(8)3-4-11(16)17/h5-6,14-15H,3-4,13H2,1-2H3,(H,16,17). The van der Waals surface area contributed by atoms with Gasteiger partial charge < -0.3 is 21.1 Å². The van der Waals surface area contributed by atoms with Crippen molar-refractivity contribution in [2.24, 2.45) is 5.73 Å². The molecule has 0 amide bonds. The lowest BCUT2D eigenvalue weighted by Gasteiger charge is -2.23. The minimum absolute atomic E-state index is 0.0483. The van der Waals surface area contributed by atoms with Crippen molar-refractivity contribution in [2.45, 2.75) is 32.2 Å². The normalized spacial score (nSPS) is 11.5. The third kappa shape index (κ3) is 3.35. The third-order valence-corrected chi connectivity index (χ3v) is 2.50.